The fraction of sp³-hybridized carbons (Fsp3) is 0.300. The molecular weight excluding hydrogens is 414 g/mol. The van der Waals surface area contributed by atoms with Crippen molar-refractivity contribution in [1.82, 2.24) is 9.62 Å². The van der Waals surface area contributed by atoms with Gasteiger partial charge in [0.2, 0.25) is 10.0 Å². The number of aryl methyl sites for hydroxylation is 1. The summed E-state index contributed by atoms with van der Waals surface area (Å²) in [5, 5.41) is 5.29. The highest BCUT2D eigenvalue weighted by molar-refractivity contribution is 7.89. The first-order chi connectivity index (χ1) is 13.8. The largest absolute Gasteiger partial charge is 0.346 e. The van der Waals surface area contributed by atoms with E-state index in [1.54, 1.807) is 48.5 Å². The van der Waals surface area contributed by atoms with Crippen LogP contribution in [0, 0.1) is 6.92 Å². The number of hydrogen-bond acceptors (Lipinski definition) is 4. The second kappa shape index (κ2) is 8.94. The summed E-state index contributed by atoms with van der Waals surface area (Å²) in [4.78, 5) is 24.5. The molecule has 1 atom stereocenters. The number of carbonyl (C=O) groups excluding carboxylic acids is 2. The van der Waals surface area contributed by atoms with Gasteiger partial charge in [0, 0.05) is 19.1 Å². The second-order valence-corrected chi connectivity index (χ2v) is 9.17. The van der Waals surface area contributed by atoms with Gasteiger partial charge in [-0.25, -0.2) is 8.42 Å². The number of amides is 2. The number of halogens is 1. The minimum Gasteiger partial charge on any atom is -0.346 e. The summed E-state index contributed by atoms with van der Waals surface area (Å²) in [6.07, 6.45) is 1.30. The molecule has 2 amide bonds. The van der Waals surface area contributed by atoms with Gasteiger partial charge in [-0.3, -0.25) is 9.59 Å². The number of nitrogens with zero attached hydrogens (tertiary/aromatic N) is 1. The molecule has 3 rings (SSSR count). The molecule has 9 heteroatoms. The molecule has 2 N–H and O–H groups in total. The van der Waals surface area contributed by atoms with Crippen LogP contribution in [0.1, 0.15) is 18.4 Å². The molecule has 0 saturated carbocycles. The lowest BCUT2D eigenvalue weighted by Crippen LogP contribution is -2.45. The van der Waals surface area contributed by atoms with Crippen LogP contribution >= 0.6 is 11.6 Å². The van der Waals surface area contributed by atoms with Crippen molar-refractivity contribution >= 4 is 39.1 Å². The number of benzene rings is 2. The Morgan fingerprint density at radius 2 is 1.79 bits per heavy atom. The molecule has 7 nitrogen and oxygen atoms in total. The zero-order valence-electron chi connectivity index (χ0n) is 15.9. The van der Waals surface area contributed by atoms with Gasteiger partial charge in [-0.15, -0.1) is 0 Å². The van der Waals surface area contributed by atoms with E-state index < -0.39 is 27.9 Å². The van der Waals surface area contributed by atoms with Crippen LogP contribution in [-0.2, 0) is 19.6 Å². The Morgan fingerprint density at radius 1 is 1.10 bits per heavy atom. The minimum atomic E-state index is -3.66. The van der Waals surface area contributed by atoms with E-state index >= 15 is 0 Å². The fourth-order valence-corrected chi connectivity index (χ4v) is 5.08. The molecule has 1 aliphatic rings. The van der Waals surface area contributed by atoms with Crippen molar-refractivity contribution in [1.29, 1.82) is 0 Å². The highest BCUT2D eigenvalue weighted by Crippen LogP contribution is 2.26. The van der Waals surface area contributed by atoms with Crippen molar-refractivity contribution in [3.63, 3.8) is 0 Å². The van der Waals surface area contributed by atoms with Gasteiger partial charge >= 0.3 is 11.8 Å². The van der Waals surface area contributed by atoms with Crippen LogP contribution in [0.4, 0.5) is 5.69 Å². The predicted octanol–water partition coefficient (Wildman–Crippen LogP) is 2.56. The summed E-state index contributed by atoms with van der Waals surface area (Å²) in [5.41, 5.74) is 1.30. The van der Waals surface area contributed by atoms with Gasteiger partial charge < -0.3 is 10.6 Å². The summed E-state index contributed by atoms with van der Waals surface area (Å²) in [7, 11) is -3.66. The lowest BCUT2D eigenvalue weighted by Gasteiger charge is -2.24. The van der Waals surface area contributed by atoms with E-state index in [4.69, 9.17) is 11.6 Å². The van der Waals surface area contributed by atoms with Gasteiger partial charge in [-0.2, -0.15) is 4.31 Å². The summed E-state index contributed by atoms with van der Waals surface area (Å²) in [6.45, 7) is 2.32. The maximum atomic E-state index is 12.9. The first-order valence-electron chi connectivity index (χ1n) is 9.21. The lowest BCUT2D eigenvalue weighted by atomic mass is 10.2. The van der Waals surface area contributed by atoms with Crippen LogP contribution in [0.25, 0.3) is 0 Å². The van der Waals surface area contributed by atoms with Gasteiger partial charge in [-0.1, -0.05) is 41.4 Å². The van der Waals surface area contributed by atoms with Gasteiger partial charge in [0.25, 0.3) is 0 Å². The molecule has 1 heterocycles. The van der Waals surface area contributed by atoms with E-state index in [1.807, 2.05) is 6.92 Å². The third-order valence-corrected chi connectivity index (χ3v) is 7.07. The summed E-state index contributed by atoms with van der Waals surface area (Å²) < 4.78 is 27.3. The number of anilines is 1. The van der Waals surface area contributed by atoms with Crippen molar-refractivity contribution in [3.05, 3.63) is 59.1 Å². The first-order valence-corrected chi connectivity index (χ1v) is 11.0. The predicted molar refractivity (Wildman–Crippen MR) is 111 cm³/mol. The lowest BCUT2D eigenvalue weighted by molar-refractivity contribution is -0.136. The minimum absolute atomic E-state index is 0.0554. The van der Waals surface area contributed by atoms with Crippen molar-refractivity contribution in [3.8, 4) is 0 Å². The van der Waals surface area contributed by atoms with Gasteiger partial charge in [0.15, 0.2) is 0 Å². The van der Waals surface area contributed by atoms with Crippen molar-refractivity contribution in [2.24, 2.45) is 0 Å². The third-order valence-electron chi connectivity index (χ3n) is 4.78. The van der Waals surface area contributed by atoms with E-state index in [-0.39, 0.29) is 11.4 Å². The molecule has 29 heavy (non-hydrogen) atoms. The van der Waals surface area contributed by atoms with E-state index in [2.05, 4.69) is 10.6 Å². The van der Waals surface area contributed by atoms with Crippen molar-refractivity contribution < 1.29 is 18.0 Å². The average Bonchev–Trinajstić information content (AvgIpc) is 3.17. The topological polar surface area (TPSA) is 95.6 Å². The molecular formula is C20H22ClN3O4S. The van der Waals surface area contributed by atoms with Crippen LogP contribution in [-0.4, -0.2) is 43.7 Å². The molecule has 1 saturated heterocycles. The Morgan fingerprint density at radius 3 is 2.48 bits per heavy atom. The van der Waals surface area contributed by atoms with Crippen LogP contribution in [0.2, 0.25) is 5.02 Å². The van der Waals surface area contributed by atoms with Gasteiger partial charge in [0.05, 0.1) is 15.6 Å². The van der Waals surface area contributed by atoms with Crippen molar-refractivity contribution in [2.75, 3.05) is 18.4 Å². The van der Waals surface area contributed by atoms with Crippen LogP contribution < -0.4 is 10.6 Å². The average molecular weight is 436 g/mol. The van der Waals surface area contributed by atoms with Gasteiger partial charge in [-0.05, 0) is 44.0 Å². The molecule has 1 aliphatic heterocycles. The number of sulfonamides is 1. The maximum absolute atomic E-state index is 12.9. The van der Waals surface area contributed by atoms with E-state index in [0.717, 1.165) is 5.56 Å². The van der Waals surface area contributed by atoms with E-state index in [9.17, 15) is 18.0 Å². The highest BCUT2D eigenvalue weighted by atomic mass is 35.5. The SMILES string of the molecule is Cc1ccc(S(=O)(=O)N2CCC[C@@H]2CNC(=O)C(=O)Nc2ccccc2Cl)cc1. The fourth-order valence-electron chi connectivity index (χ4n) is 3.21. The maximum Gasteiger partial charge on any atom is 0.313 e. The number of nitrogens with one attached hydrogen (secondary N) is 2. The van der Waals surface area contributed by atoms with E-state index in [1.165, 1.54) is 4.31 Å². The number of hydrogen-bond donors (Lipinski definition) is 2. The quantitative estimate of drug-likeness (QED) is 0.705. The number of para-hydroxylation sites is 1. The Kier molecular flexibility index (Phi) is 6.56. The Hall–Kier alpha value is -2.42. The molecule has 2 aromatic carbocycles. The van der Waals surface area contributed by atoms with E-state index in [0.29, 0.717) is 30.1 Å². The molecule has 2 aromatic rings. The zero-order chi connectivity index (χ0) is 21.0. The number of rotatable bonds is 5. The molecule has 1 fully saturated rings. The normalized spacial score (nSPS) is 17.1. The molecule has 0 aromatic heterocycles. The van der Waals surface area contributed by atoms with Crippen LogP contribution in [0.15, 0.2) is 53.4 Å². The molecule has 0 radical (unpaired) electrons. The first kappa shape index (κ1) is 21.3. The molecule has 0 unspecified atom stereocenters. The molecule has 154 valence electrons. The summed E-state index contributed by atoms with van der Waals surface area (Å²) >= 11 is 5.97. The summed E-state index contributed by atoms with van der Waals surface area (Å²) in [5.74, 6) is -1.70. The van der Waals surface area contributed by atoms with Crippen LogP contribution in [0.5, 0.6) is 0 Å². The molecule has 0 bridgehead atoms. The molecule has 0 aliphatic carbocycles. The monoisotopic (exact) mass is 435 g/mol. The standard InChI is InChI=1S/C20H22ClN3O4S/c1-14-8-10-16(11-9-14)29(27,28)24-12-4-5-15(24)13-22-19(25)20(26)23-18-7-3-2-6-17(18)21/h2-3,6-11,15H,4-5,12-13H2,1H3,(H,22,25)(H,23,26)/t15-/m1/s1. The Bertz CT molecular complexity index is 1010. The van der Waals surface area contributed by atoms with Gasteiger partial charge in [0.1, 0.15) is 0 Å². The smallest absolute Gasteiger partial charge is 0.313 e. The highest BCUT2D eigenvalue weighted by Gasteiger charge is 2.35. The second-order valence-electron chi connectivity index (χ2n) is 6.87. The Balaban J connectivity index is 1.62. The summed E-state index contributed by atoms with van der Waals surface area (Å²) in [6, 6.07) is 12.8. The number of carbonyl (C=O) groups is 2. The Labute approximate surface area is 175 Å². The third kappa shape index (κ3) is 4.95. The molecule has 0 spiro atoms. The van der Waals surface area contributed by atoms with Crippen molar-refractivity contribution in [2.45, 2.75) is 30.7 Å². The zero-order valence-corrected chi connectivity index (χ0v) is 17.5. The van der Waals surface area contributed by atoms with Crippen LogP contribution in [0.3, 0.4) is 0 Å².